The molecule has 1 aromatic carbocycles. The van der Waals surface area contributed by atoms with Crippen LogP contribution in [0.5, 0.6) is 5.75 Å². The SMILES string of the molecule is COc1ccc(Br)cc1NC1CC2CC=CC21. The fourth-order valence-electron chi connectivity index (χ4n) is 2.88. The molecule has 90 valence electrons. The number of nitrogens with one attached hydrogen (secondary N) is 1. The number of methoxy groups -OCH3 is 1. The van der Waals surface area contributed by atoms with Crippen LogP contribution in [0.4, 0.5) is 5.69 Å². The van der Waals surface area contributed by atoms with E-state index in [9.17, 15) is 0 Å². The molecule has 2 aliphatic rings. The van der Waals surface area contributed by atoms with Crippen molar-refractivity contribution < 1.29 is 4.74 Å². The zero-order valence-electron chi connectivity index (χ0n) is 9.82. The summed E-state index contributed by atoms with van der Waals surface area (Å²) in [6.45, 7) is 0. The van der Waals surface area contributed by atoms with Gasteiger partial charge in [-0.25, -0.2) is 0 Å². The monoisotopic (exact) mass is 293 g/mol. The Labute approximate surface area is 110 Å². The second-order valence-corrected chi connectivity index (χ2v) is 5.75. The van der Waals surface area contributed by atoms with Crippen LogP contribution < -0.4 is 10.1 Å². The third-order valence-corrected chi connectivity index (χ3v) is 4.36. The molecule has 1 aromatic rings. The van der Waals surface area contributed by atoms with Crippen LogP contribution in [0, 0.1) is 11.8 Å². The van der Waals surface area contributed by atoms with Crippen LogP contribution >= 0.6 is 15.9 Å². The first kappa shape index (κ1) is 11.1. The zero-order chi connectivity index (χ0) is 11.8. The van der Waals surface area contributed by atoms with Crippen LogP contribution in [-0.2, 0) is 0 Å². The fraction of sp³-hybridized carbons (Fsp3) is 0.429. The first-order chi connectivity index (χ1) is 8.28. The summed E-state index contributed by atoms with van der Waals surface area (Å²) in [5.41, 5.74) is 1.09. The van der Waals surface area contributed by atoms with Gasteiger partial charge in [0.25, 0.3) is 0 Å². The molecule has 0 saturated heterocycles. The van der Waals surface area contributed by atoms with E-state index in [0.29, 0.717) is 6.04 Å². The molecule has 0 amide bonds. The second kappa shape index (κ2) is 4.37. The second-order valence-electron chi connectivity index (χ2n) is 4.83. The summed E-state index contributed by atoms with van der Waals surface area (Å²) in [6, 6.07) is 6.66. The molecule has 0 bridgehead atoms. The minimum absolute atomic E-state index is 0.571. The largest absolute Gasteiger partial charge is 0.495 e. The van der Waals surface area contributed by atoms with Crippen LogP contribution in [0.2, 0.25) is 0 Å². The van der Waals surface area contributed by atoms with E-state index >= 15 is 0 Å². The molecule has 2 nitrogen and oxygen atoms in total. The van der Waals surface area contributed by atoms with Gasteiger partial charge in [0.15, 0.2) is 0 Å². The van der Waals surface area contributed by atoms with Gasteiger partial charge in [0.05, 0.1) is 12.8 Å². The molecule has 1 fully saturated rings. The Morgan fingerprint density at radius 2 is 2.29 bits per heavy atom. The minimum atomic E-state index is 0.571. The molecular formula is C14H16BrNO. The molecule has 0 aromatic heterocycles. The highest BCUT2D eigenvalue weighted by Gasteiger charge is 2.41. The first-order valence-corrected chi connectivity index (χ1v) is 6.84. The van der Waals surface area contributed by atoms with E-state index in [1.807, 2.05) is 12.1 Å². The average Bonchev–Trinajstić information content (AvgIpc) is 2.68. The first-order valence-electron chi connectivity index (χ1n) is 6.04. The summed E-state index contributed by atoms with van der Waals surface area (Å²) in [6.07, 6.45) is 7.21. The lowest BCUT2D eigenvalue weighted by atomic mass is 9.71. The standard InChI is InChI=1S/C14H16BrNO/c1-17-14-6-5-10(15)8-13(14)16-12-7-9-3-2-4-11(9)12/h2,4-6,8-9,11-12,16H,3,7H2,1H3. The summed E-state index contributed by atoms with van der Waals surface area (Å²) >= 11 is 3.50. The van der Waals surface area contributed by atoms with Gasteiger partial charge < -0.3 is 10.1 Å². The molecule has 3 unspecified atom stereocenters. The lowest BCUT2D eigenvalue weighted by molar-refractivity contribution is 0.217. The Morgan fingerprint density at radius 1 is 1.41 bits per heavy atom. The molecule has 0 radical (unpaired) electrons. The van der Waals surface area contributed by atoms with Crippen LogP contribution in [0.15, 0.2) is 34.8 Å². The number of halogens is 1. The van der Waals surface area contributed by atoms with Gasteiger partial charge in [-0.1, -0.05) is 28.1 Å². The van der Waals surface area contributed by atoms with Crippen molar-refractivity contribution in [1.29, 1.82) is 0 Å². The molecule has 0 aliphatic heterocycles. The van der Waals surface area contributed by atoms with Crippen molar-refractivity contribution in [3.8, 4) is 5.75 Å². The van der Waals surface area contributed by atoms with E-state index in [2.05, 4.69) is 39.5 Å². The molecule has 1 N–H and O–H groups in total. The summed E-state index contributed by atoms with van der Waals surface area (Å²) in [4.78, 5) is 0. The van der Waals surface area contributed by atoms with E-state index in [4.69, 9.17) is 4.74 Å². The third-order valence-electron chi connectivity index (χ3n) is 3.87. The van der Waals surface area contributed by atoms with Gasteiger partial charge in [0, 0.05) is 16.4 Å². The molecule has 3 rings (SSSR count). The van der Waals surface area contributed by atoms with Crippen molar-refractivity contribution in [2.24, 2.45) is 11.8 Å². The number of benzene rings is 1. The van der Waals surface area contributed by atoms with Gasteiger partial charge in [0.2, 0.25) is 0 Å². The van der Waals surface area contributed by atoms with Crippen molar-refractivity contribution in [1.82, 2.24) is 0 Å². The number of rotatable bonds is 3. The Morgan fingerprint density at radius 3 is 3.06 bits per heavy atom. The maximum atomic E-state index is 5.38. The van der Waals surface area contributed by atoms with Crippen LogP contribution in [0.3, 0.4) is 0 Å². The highest BCUT2D eigenvalue weighted by molar-refractivity contribution is 9.10. The van der Waals surface area contributed by atoms with Crippen LogP contribution in [-0.4, -0.2) is 13.2 Å². The number of hydrogen-bond acceptors (Lipinski definition) is 2. The third kappa shape index (κ3) is 1.97. The summed E-state index contributed by atoms with van der Waals surface area (Å²) in [5, 5.41) is 3.60. The minimum Gasteiger partial charge on any atom is -0.495 e. The van der Waals surface area contributed by atoms with Crippen molar-refractivity contribution in [2.75, 3.05) is 12.4 Å². The topological polar surface area (TPSA) is 21.3 Å². The number of hydrogen-bond donors (Lipinski definition) is 1. The molecule has 3 atom stereocenters. The van der Waals surface area contributed by atoms with Crippen molar-refractivity contribution in [2.45, 2.75) is 18.9 Å². The average molecular weight is 294 g/mol. The van der Waals surface area contributed by atoms with E-state index in [-0.39, 0.29) is 0 Å². The molecule has 2 aliphatic carbocycles. The molecule has 0 heterocycles. The van der Waals surface area contributed by atoms with E-state index < -0.39 is 0 Å². The molecular weight excluding hydrogens is 278 g/mol. The number of fused-ring (bicyclic) bond motifs is 1. The maximum absolute atomic E-state index is 5.38. The van der Waals surface area contributed by atoms with Crippen molar-refractivity contribution in [3.63, 3.8) is 0 Å². The number of anilines is 1. The normalized spacial score (nSPS) is 29.6. The van der Waals surface area contributed by atoms with Gasteiger partial charge in [-0.15, -0.1) is 0 Å². The van der Waals surface area contributed by atoms with Gasteiger partial charge in [0.1, 0.15) is 5.75 Å². The highest BCUT2D eigenvalue weighted by atomic mass is 79.9. The Bertz CT molecular complexity index is 458. The van der Waals surface area contributed by atoms with Gasteiger partial charge in [-0.2, -0.15) is 0 Å². The number of allylic oxidation sites excluding steroid dienone is 1. The smallest absolute Gasteiger partial charge is 0.142 e. The number of ether oxygens (including phenoxy) is 1. The van der Waals surface area contributed by atoms with E-state index in [0.717, 1.165) is 27.7 Å². The van der Waals surface area contributed by atoms with Crippen LogP contribution in [0.1, 0.15) is 12.8 Å². The van der Waals surface area contributed by atoms with E-state index in [1.165, 1.54) is 12.8 Å². The van der Waals surface area contributed by atoms with Gasteiger partial charge >= 0.3 is 0 Å². The molecule has 3 heteroatoms. The van der Waals surface area contributed by atoms with Crippen LogP contribution in [0.25, 0.3) is 0 Å². The molecule has 0 spiro atoms. The Hall–Kier alpha value is -0.960. The zero-order valence-corrected chi connectivity index (χ0v) is 11.4. The summed E-state index contributed by atoms with van der Waals surface area (Å²) in [7, 11) is 1.72. The summed E-state index contributed by atoms with van der Waals surface area (Å²) in [5.74, 6) is 2.52. The fourth-order valence-corrected chi connectivity index (χ4v) is 3.24. The highest BCUT2D eigenvalue weighted by Crippen LogP contribution is 2.45. The van der Waals surface area contributed by atoms with Gasteiger partial charge in [-0.3, -0.25) is 0 Å². The van der Waals surface area contributed by atoms with E-state index in [1.54, 1.807) is 7.11 Å². The molecule has 1 saturated carbocycles. The maximum Gasteiger partial charge on any atom is 0.142 e. The predicted molar refractivity (Wildman–Crippen MR) is 73.5 cm³/mol. The van der Waals surface area contributed by atoms with Gasteiger partial charge in [-0.05, 0) is 37.0 Å². The lowest BCUT2D eigenvalue weighted by Gasteiger charge is -2.41. The quantitative estimate of drug-likeness (QED) is 0.855. The lowest BCUT2D eigenvalue weighted by Crippen LogP contribution is -2.43. The predicted octanol–water partition coefficient (Wildman–Crippen LogP) is 3.83. The van der Waals surface area contributed by atoms with Crippen molar-refractivity contribution in [3.05, 3.63) is 34.8 Å². The Balaban J connectivity index is 1.76. The molecule has 17 heavy (non-hydrogen) atoms. The Kier molecular flexibility index (Phi) is 2.87. The summed E-state index contributed by atoms with van der Waals surface area (Å²) < 4.78 is 6.46. The van der Waals surface area contributed by atoms with Crippen molar-refractivity contribution >= 4 is 21.6 Å².